The van der Waals surface area contributed by atoms with Gasteiger partial charge in [-0.1, -0.05) is 57.4 Å². The van der Waals surface area contributed by atoms with E-state index in [1.165, 1.54) is 0 Å². The Labute approximate surface area is 260 Å². The van der Waals surface area contributed by atoms with E-state index in [1.807, 2.05) is 38.1 Å². The minimum atomic E-state index is -1.01. The molecule has 10 nitrogen and oxygen atoms in total. The van der Waals surface area contributed by atoms with Gasteiger partial charge in [0.25, 0.3) is 5.91 Å². The Morgan fingerprint density at radius 1 is 1.05 bits per heavy atom. The Morgan fingerprint density at radius 3 is 2.57 bits per heavy atom. The van der Waals surface area contributed by atoms with Gasteiger partial charge in [-0.3, -0.25) is 19.2 Å². The summed E-state index contributed by atoms with van der Waals surface area (Å²) in [6, 6.07) is 13.3. The number of rotatable bonds is 7. The highest BCUT2D eigenvalue weighted by Crippen LogP contribution is 2.29. The second-order valence-electron chi connectivity index (χ2n) is 12.1. The molecule has 2 atom stereocenters. The number of ether oxygens (including phenoxy) is 2. The highest BCUT2D eigenvalue weighted by molar-refractivity contribution is 6.00. The quantitative estimate of drug-likeness (QED) is 0.356. The molecule has 0 saturated heterocycles. The summed E-state index contributed by atoms with van der Waals surface area (Å²) in [5.41, 5.74) is 0.358. The molecule has 1 heterocycles. The van der Waals surface area contributed by atoms with Crippen LogP contribution in [0.2, 0.25) is 0 Å². The average Bonchev–Trinajstić information content (AvgIpc) is 3.03. The van der Waals surface area contributed by atoms with E-state index in [1.54, 1.807) is 31.4 Å². The second-order valence-corrected chi connectivity index (χ2v) is 12.1. The van der Waals surface area contributed by atoms with Crippen molar-refractivity contribution in [3.8, 4) is 11.5 Å². The van der Waals surface area contributed by atoms with E-state index in [0.29, 0.717) is 31.6 Å². The minimum absolute atomic E-state index is 0.0248. The molecule has 238 valence electrons. The Kier molecular flexibility index (Phi) is 11.6. The molecule has 44 heavy (non-hydrogen) atoms. The first-order valence-corrected chi connectivity index (χ1v) is 15.8. The van der Waals surface area contributed by atoms with Crippen LogP contribution in [0.15, 0.2) is 48.5 Å². The lowest BCUT2D eigenvalue weighted by atomic mass is 9.80. The summed E-state index contributed by atoms with van der Waals surface area (Å²) in [4.78, 5) is 53.9. The van der Waals surface area contributed by atoms with Crippen molar-refractivity contribution in [2.24, 2.45) is 5.92 Å². The van der Waals surface area contributed by atoms with Gasteiger partial charge in [0, 0.05) is 13.0 Å². The van der Waals surface area contributed by atoms with Crippen molar-refractivity contribution < 1.29 is 28.7 Å². The molecule has 1 saturated carbocycles. The molecular formula is C34H46N4O6. The van der Waals surface area contributed by atoms with E-state index in [4.69, 9.17) is 9.47 Å². The predicted octanol–water partition coefficient (Wildman–Crippen LogP) is 3.68. The van der Waals surface area contributed by atoms with Crippen LogP contribution in [-0.2, 0) is 20.8 Å². The van der Waals surface area contributed by atoms with Crippen LogP contribution >= 0.6 is 0 Å². The number of hydrogen-bond acceptors (Lipinski definition) is 6. The zero-order valence-electron chi connectivity index (χ0n) is 26.1. The number of para-hydroxylation sites is 1. The summed E-state index contributed by atoms with van der Waals surface area (Å²) in [6.45, 7) is 4.53. The molecule has 10 heteroatoms. The van der Waals surface area contributed by atoms with Gasteiger partial charge in [0.2, 0.25) is 17.7 Å². The highest BCUT2D eigenvalue weighted by atomic mass is 16.5. The van der Waals surface area contributed by atoms with Gasteiger partial charge < -0.3 is 30.7 Å². The van der Waals surface area contributed by atoms with Gasteiger partial charge in [0.1, 0.15) is 29.7 Å². The van der Waals surface area contributed by atoms with E-state index in [0.717, 1.165) is 37.0 Å². The molecule has 4 rings (SSSR count). The van der Waals surface area contributed by atoms with Crippen LogP contribution in [0.4, 0.5) is 0 Å². The van der Waals surface area contributed by atoms with E-state index in [9.17, 15) is 19.2 Å². The molecule has 2 aromatic rings. The van der Waals surface area contributed by atoms with Crippen molar-refractivity contribution in [1.29, 1.82) is 0 Å². The van der Waals surface area contributed by atoms with Crippen molar-refractivity contribution in [2.75, 3.05) is 20.3 Å². The molecule has 0 aromatic heterocycles. The third kappa shape index (κ3) is 8.74. The zero-order chi connectivity index (χ0) is 31.5. The summed E-state index contributed by atoms with van der Waals surface area (Å²) in [5, 5.41) is 11.9. The zero-order valence-corrected chi connectivity index (χ0v) is 26.1. The third-order valence-electron chi connectivity index (χ3n) is 8.55. The van der Waals surface area contributed by atoms with Crippen LogP contribution in [-0.4, -0.2) is 61.5 Å². The summed E-state index contributed by atoms with van der Waals surface area (Å²) in [7, 11) is 1.62. The first-order chi connectivity index (χ1) is 21.2. The van der Waals surface area contributed by atoms with Crippen LogP contribution in [0.25, 0.3) is 0 Å². The minimum Gasteiger partial charge on any atom is -0.497 e. The number of methoxy groups -OCH3 is 1. The van der Waals surface area contributed by atoms with Gasteiger partial charge in [-0.25, -0.2) is 0 Å². The number of hydrogen-bond donors (Lipinski definition) is 4. The SMILES string of the molecule is COc1cccc(CCCNC(=O)[C@@H]2CCC(=O)NC3(CCCCC3)C(=O)N[C@@H](C(C)C)COc3ccccc3C(=O)N2)c1. The van der Waals surface area contributed by atoms with Crippen molar-refractivity contribution in [1.82, 2.24) is 21.3 Å². The summed E-state index contributed by atoms with van der Waals surface area (Å²) >= 11 is 0. The first kappa shape index (κ1) is 32.8. The van der Waals surface area contributed by atoms with Crippen LogP contribution in [0.5, 0.6) is 11.5 Å². The van der Waals surface area contributed by atoms with Gasteiger partial charge in [0.15, 0.2) is 0 Å². The molecule has 1 fully saturated rings. The smallest absolute Gasteiger partial charge is 0.255 e. The van der Waals surface area contributed by atoms with Crippen LogP contribution < -0.4 is 30.7 Å². The van der Waals surface area contributed by atoms with E-state index in [2.05, 4.69) is 21.3 Å². The lowest BCUT2D eigenvalue weighted by molar-refractivity contribution is -0.136. The summed E-state index contributed by atoms with van der Waals surface area (Å²) in [6.07, 6.45) is 5.25. The fraction of sp³-hybridized carbons (Fsp3) is 0.529. The monoisotopic (exact) mass is 606 g/mol. The molecule has 0 bridgehead atoms. The van der Waals surface area contributed by atoms with Gasteiger partial charge in [0.05, 0.1) is 18.7 Å². The number of benzene rings is 2. The second kappa shape index (κ2) is 15.6. The number of amides is 4. The number of aryl methyl sites for hydroxylation is 1. The number of nitrogens with one attached hydrogen (secondary N) is 4. The first-order valence-electron chi connectivity index (χ1n) is 15.8. The summed E-state index contributed by atoms with van der Waals surface area (Å²) < 4.78 is 11.4. The van der Waals surface area contributed by atoms with Crippen molar-refractivity contribution in [3.05, 3.63) is 59.7 Å². The van der Waals surface area contributed by atoms with Crippen LogP contribution in [0, 0.1) is 5.92 Å². The lowest BCUT2D eigenvalue weighted by Gasteiger charge is -2.38. The Hall–Kier alpha value is -4.08. The molecule has 1 aliphatic carbocycles. The molecule has 1 spiro atoms. The van der Waals surface area contributed by atoms with Crippen molar-refractivity contribution >= 4 is 23.6 Å². The topological polar surface area (TPSA) is 135 Å². The molecular weight excluding hydrogens is 560 g/mol. The molecule has 1 aliphatic heterocycles. The fourth-order valence-corrected chi connectivity index (χ4v) is 5.80. The average molecular weight is 607 g/mol. The van der Waals surface area contributed by atoms with Gasteiger partial charge >= 0.3 is 0 Å². The molecule has 2 aliphatic rings. The van der Waals surface area contributed by atoms with E-state index >= 15 is 0 Å². The number of carbonyl (C=O) groups is 4. The number of fused-ring (bicyclic) bond motifs is 1. The third-order valence-corrected chi connectivity index (χ3v) is 8.55. The molecule has 0 radical (unpaired) electrons. The maximum Gasteiger partial charge on any atom is 0.255 e. The summed E-state index contributed by atoms with van der Waals surface area (Å²) in [5.74, 6) is -0.191. The van der Waals surface area contributed by atoms with Gasteiger partial charge in [-0.2, -0.15) is 0 Å². The Balaban J connectivity index is 1.52. The van der Waals surface area contributed by atoms with Crippen molar-refractivity contribution in [3.63, 3.8) is 0 Å². The van der Waals surface area contributed by atoms with Gasteiger partial charge in [-0.15, -0.1) is 0 Å². The Bertz CT molecular complexity index is 1310. The van der Waals surface area contributed by atoms with E-state index in [-0.39, 0.29) is 54.7 Å². The molecule has 4 amide bonds. The Morgan fingerprint density at radius 2 is 1.82 bits per heavy atom. The standard InChI is InChI=1S/C34H46N4O6/c1-23(2)28-22-44-29-15-6-5-14-26(29)31(40)36-27(32(41)35-20-10-12-24-11-9-13-25(21-24)43-3)16-17-30(39)38-34(33(42)37-28)18-7-4-8-19-34/h5-6,9,11,13-15,21,23,27-28H,4,7-8,10,12,16-20,22H2,1-3H3,(H,35,41)(H,36,40)(H,37,42)(H,38,39)/t27-,28+/m0/s1. The predicted molar refractivity (Wildman–Crippen MR) is 167 cm³/mol. The normalized spacial score (nSPS) is 21.0. The maximum absolute atomic E-state index is 13.7. The molecule has 2 aromatic carbocycles. The lowest BCUT2D eigenvalue weighted by Crippen LogP contribution is -2.62. The maximum atomic E-state index is 13.7. The van der Waals surface area contributed by atoms with Crippen LogP contribution in [0.1, 0.15) is 81.1 Å². The van der Waals surface area contributed by atoms with E-state index < -0.39 is 17.5 Å². The van der Waals surface area contributed by atoms with Crippen LogP contribution in [0.3, 0.4) is 0 Å². The number of carbonyl (C=O) groups excluding carboxylic acids is 4. The highest BCUT2D eigenvalue weighted by Gasteiger charge is 2.42. The van der Waals surface area contributed by atoms with Crippen molar-refractivity contribution in [2.45, 2.75) is 89.3 Å². The molecule has 0 unspecified atom stereocenters. The molecule has 4 N–H and O–H groups in total. The van der Waals surface area contributed by atoms with Gasteiger partial charge in [-0.05, 0) is 67.9 Å². The fourth-order valence-electron chi connectivity index (χ4n) is 5.80. The largest absolute Gasteiger partial charge is 0.497 e.